The summed E-state index contributed by atoms with van der Waals surface area (Å²) in [6, 6.07) is 0.606. The molecule has 0 aromatic heterocycles. The van der Waals surface area contributed by atoms with Crippen molar-refractivity contribution in [1.29, 1.82) is 0 Å². The second kappa shape index (κ2) is 8.86. The SMILES string of the molecule is CCN(CC)CCNCCN(C)C1CCOC1C. The average Bonchev–Trinajstić information content (AvgIpc) is 2.80. The molecule has 0 aromatic carbocycles. The first-order chi connectivity index (χ1) is 8.69. The van der Waals surface area contributed by atoms with E-state index in [2.05, 4.69) is 42.9 Å². The molecule has 18 heavy (non-hydrogen) atoms. The van der Waals surface area contributed by atoms with E-state index in [-0.39, 0.29) is 0 Å². The van der Waals surface area contributed by atoms with Crippen molar-refractivity contribution in [2.75, 3.05) is 52.9 Å². The molecule has 1 heterocycles. The largest absolute Gasteiger partial charge is 0.377 e. The number of ether oxygens (including phenoxy) is 1. The molecule has 0 amide bonds. The van der Waals surface area contributed by atoms with Crippen molar-refractivity contribution in [3.8, 4) is 0 Å². The maximum atomic E-state index is 5.61. The lowest BCUT2D eigenvalue weighted by Crippen LogP contribution is -2.41. The van der Waals surface area contributed by atoms with Crippen LogP contribution in [0.1, 0.15) is 27.2 Å². The molecule has 2 atom stereocenters. The maximum Gasteiger partial charge on any atom is 0.0702 e. The van der Waals surface area contributed by atoms with E-state index in [0.29, 0.717) is 12.1 Å². The molecular formula is C14H31N3O. The van der Waals surface area contributed by atoms with E-state index in [1.807, 2.05) is 0 Å². The second-order valence-corrected chi connectivity index (χ2v) is 5.19. The Morgan fingerprint density at radius 1 is 1.17 bits per heavy atom. The molecule has 0 aromatic rings. The van der Waals surface area contributed by atoms with Crippen molar-refractivity contribution in [2.45, 2.75) is 39.3 Å². The molecule has 1 saturated heterocycles. The number of hydrogen-bond acceptors (Lipinski definition) is 4. The van der Waals surface area contributed by atoms with Crippen LogP contribution in [-0.2, 0) is 4.74 Å². The van der Waals surface area contributed by atoms with Crippen molar-refractivity contribution in [3.63, 3.8) is 0 Å². The minimum Gasteiger partial charge on any atom is -0.377 e. The normalized spacial score (nSPS) is 24.3. The van der Waals surface area contributed by atoms with Crippen molar-refractivity contribution >= 4 is 0 Å². The standard InChI is InChI=1S/C14H31N3O/c1-5-17(6-2)11-9-15-8-10-16(4)14-7-12-18-13(14)3/h13-15H,5-12H2,1-4H3. The maximum absolute atomic E-state index is 5.61. The third-order valence-electron chi connectivity index (χ3n) is 4.04. The lowest BCUT2D eigenvalue weighted by molar-refractivity contribution is 0.0840. The molecule has 1 fully saturated rings. The molecule has 0 bridgehead atoms. The Balaban J connectivity index is 2.03. The molecule has 0 radical (unpaired) electrons. The van der Waals surface area contributed by atoms with Crippen LogP contribution in [0.3, 0.4) is 0 Å². The van der Waals surface area contributed by atoms with Gasteiger partial charge < -0.3 is 15.0 Å². The predicted molar refractivity (Wildman–Crippen MR) is 77.1 cm³/mol. The summed E-state index contributed by atoms with van der Waals surface area (Å²) in [6.07, 6.45) is 1.57. The number of hydrogen-bond donors (Lipinski definition) is 1. The zero-order chi connectivity index (χ0) is 13.4. The summed E-state index contributed by atoms with van der Waals surface area (Å²) in [5.41, 5.74) is 0. The molecule has 0 aliphatic carbocycles. The van der Waals surface area contributed by atoms with Gasteiger partial charge in [-0.1, -0.05) is 13.8 Å². The zero-order valence-electron chi connectivity index (χ0n) is 12.6. The van der Waals surface area contributed by atoms with Crippen LogP contribution in [0, 0.1) is 0 Å². The van der Waals surface area contributed by atoms with E-state index in [9.17, 15) is 0 Å². The summed E-state index contributed by atoms with van der Waals surface area (Å²) < 4.78 is 5.61. The highest BCUT2D eigenvalue weighted by molar-refractivity contribution is 4.80. The Bertz CT molecular complexity index is 209. The van der Waals surface area contributed by atoms with Gasteiger partial charge in [-0.3, -0.25) is 4.90 Å². The van der Waals surface area contributed by atoms with Gasteiger partial charge in [0.1, 0.15) is 0 Å². The number of nitrogens with zero attached hydrogens (tertiary/aromatic N) is 2. The third kappa shape index (κ3) is 5.22. The lowest BCUT2D eigenvalue weighted by Gasteiger charge is -2.26. The van der Waals surface area contributed by atoms with Gasteiger partial charge in [0.05, 0.1) is 6.10 Å². The fourth-order valence-corrected chi connectivity index (χ4v) is 2.62. The summed E-state index contributed by atoms with van der Waals surface area (Å²) in [5, 5.41) is 3.53. The summed E-state index contributed by atoms with van der Waals surface area (Å²) in [6.45, 7) is 14.3. The van der Waals surface area contributed by atoms with Crippen molar-refractivity contribution in [3.05, 3.63) is 0 Å². The third-order valence-corrected chi connectivity index (χ3v) is 4.04. The lowest BCUT2D eigenvalue weighted by atomic mass is 10.1. The molecular weight excluding hydrogens is 226 g/mol. The van der Waals surface area contributed by atoms with Gasteiger partial charge in [-0.2, -0.15) is 0 Å². The van der Waals surface area contributed by atoms with E-state index in [1.165, 1.54) is 6.42 Å². The van der Waals surface area contributed by atoms with E-state index in [4.69, 9.17) is 4.74 Å². The van der Waals surface area contributed by atoms with Gasteiger partial charge in [0.15, 0.2) is 0 Å². The minimum atomic E-state index is 0.394. The van der Waals surface area contributed by atoms with Gasteiger partial charge in [-0.15, -0.1) is 0 Å². The van der Waals surface area contributed by atoms with Crippen molar-refractivity contribution in [1.82, 2.24) is 15.1 Å². The summed E-state index contributed by atoms with van der Waals surface area (Å²) in [7, 11) is 2.21. The van der Waals surface area contributed by atoms with Crippen LogP contribution in [0.4, 0.5) is 0 Å². The Kier molecular flexibility index (Phi) is 7.82. The Labute approximate surface area is 113 Å². The van der Waals surface area contributed by atoms with E-state index < -0.39 is 0 Å². The van der Waals surface area contributed by atoms with Crippen LogP contribution in [0.5, 0.6) is 0 Å². The number of rotatable bonds is 9. The molecule has 1 rings (SSSR count). The summed E-state index contributed by atoms with van der Waals surface area (Å²) >= 11 is 0. The first kappa shape index (κ1) is 15.9. The molecule has 1 N–H and O–H groups in total. The molecule has 1 aliphatic heterocycles. The highest BCUT2D eigenvalue weighted by atomic mass is 16.5. The van der Waals surface area contributed by atoms with Crippen molar-refractivity contribution < 1.29 is 4.74 Å². The first-order valence-corrected chi connectivity index (χ1v) is 7.43. The van der Waals surface area contributed by atoms with Crippen LogP contribution in [0.15, 0.2) is 0 Å². The van der Waals surface area contributed by atoms with E-state index >= 15 is 0 Å². The Morgan fingerprint density at radius 3 is 2.39 bits per heavy atom. The highest BCUT2D eigenvalue weighted by Crippen LogP contribution is 2.17. The van der Waals surface area contributed by atoms with Gasteiger partial charge >= 0.3 is 0 Å². The zero-order valence-corrected chi connectivity index (χ0v) is 12.6. The van der Waals surface area contributed by atoms with Gasteiger partial charge in [0, 0.05) is 38.8 Å². The molecule has 0 saturated carbocycles. The van der Waals surface area contributed by atoms with Crippen LogP contribution in [0.2, 0.25) is 0 Å². The quantitative estimate of drug-likeness (QED) is 0.624. The van der Waals surface area contributed by atoms with E-state index in [1.54, 1.807) is 0 Å². The van der Waals surface area contributed by atoms with Crippen LogP contribution < -0.4 is 5.32 Å². The van der Waals surface area contributed by atoms with Crippen LogP contribution >= 0.6 is 0 Å². The second-order valence-electron chi connectivity index (χ2n) is 5.19. The highest BCUT2D eigenvalue weighted by Gasteiger charge is 2.27. The first-order valence-electron chi connectivity index (χ1n) is 7.43. The number of likely N-dealkylation sites (N-methyl/N-ethyl adjacent to an activating group) is 2. The monoisotopic (exact) mass is 257 g/mol. The predicted octanol–water partition coefficient (Wildman–Crippen LogP) is 1.03. The van der Waals surface area contributed by atoms with Gasteiger partial charge in [0.2, 0.25) is 0 Å². The minimum absolute atomic E-state index is 0.394. The van der Waals surface area contributed by atoms with Gasteiger partial charge in [-0.05, 0) is 33.5 Å². The molecule has 2 unspecified atom stereocenters. The summed E-state index contributed by atoms with van der Waals surface area (Å²) in [4.78, 5) is 4.88. The van der Waals surface area contributed by atoms with Gasteiger partial charge in [0.25, 0.3) is 0 Å². The molecule has 108 valence electrons. The fraction of sp³-hybridized carbons (Fsp3) is 1.00. The van der Waals surface area contributed by atoms with Crippen LogP contribution in [0.25, 0.3) is 0 Å². The van der Waals surface area contributed by atoms with E-state index in [0.717, 1.165) is 45.9 Å². The van der Waals surface area contributed by atoms with Crippen LogP contribution in [-0.4, -0.2) is 74.9 Å². The summed E-state index contributed by atoms with van der Waals surface area (Å²) in [5.74, 6) is 0. The molecule has 4 heteroatoms. The molecule has 1 aliphatic rings. The fourth-order valence-electron chi connectivity index (χ4n) is 2.62. The topological polar surface area (TPSA) is 27.7 Å². The smallest absolute Gasteiger partial charge is 0.0702 e. The van der Waals surface area contributed by atoms with Crippen molar-refractivity contribution in [2.24, 2.45) is 0 Å². The average molecular weight is 257 g/mol. The Hall–Kier alpha value is -0.160. The molecule has 0 spiro atoms. The molecule has 4 nitrogen and oxygen atoms in total. The van der Waals surface area contributed by atoms with Gasteiger partial charge in [-0.25, -0.2) is 0 Å². The Morgan fingerprint density at radius 2 is 1.83 bits per heavy atom. The number of nitrogens with one attached hydrogen (secondary N) is 1.